The Labute approximate surface area is 208 Å². The lowest BCUT2D eigenvalue weighted by Crippen LogP contribution is -2.38. The molecular formula is C24H28F3N5O3S. The molecule has 1 heterocycles. The van der Waals surface area contributed by atoms with Crippen molar-refractivity contribution >= 4 is 39.8 Å². The van der Waals surface area contributed by atoms with Crippen molar-refractivity contribution in [3.8, 4) is 5.75 Å². The van der Waals surface area contributed by atoms with Crippen LogP contribution in [0.3, 0.4) is 0 Å². The van der Waals surface area contributed by atoms with Crippen LogP contribution in [-0.2, 0) is 16.6 Å². The zero-order chi connectivity index (χ0) is 26.6. The summed E-state index contributed by atoms with van der Waals surface area (Å²) in [4.78, 5) is 9.88. The monoisotopic (exact) mass is 523 g/mol. The lowest BCUT2D eigenvalue weighted by molar-refractivity contribution is 0.287. The van der Waals surface area contributed by atoms with E-state index in [0.717, 1.165) is 18.4 Å². The van der Waals surface area contributed by atoms with E-state index < -0.39 is 27.5 Å². The first-order chi connectivity index (χ1) is 16.9. The molecule has 0 amide bonds. The van der Waals surface area contributed by atoms with E-state index in [2.05, 4.69) is 26.7 Å². The third-order valence-corrected chi connectivity index (χ3v) is 6.01. The van der Waals surface area contributed by atoms with Gasteiger partial charge in [0, 0.05) is 29.4 Å². The number of rotatable bonds is 7. The first-order valence-corrected chi connectivity index (χ1v) is 12.9. The third kappa shape index (κ3) is 6.64. The summed E-state index contributed by atoms with van der Waals surface area (Å²) in [5.74, 6) is -2.08. The van der Waals surface area contributed by atoms with Crippen LogP contribution in [0, 0.1) is 11.6 Å². The zero-order valence-electron chi connectivity index (χ0n) is 20.4. The van der Waals surface area contributed by atoms with E-state index in [0.29, 0.717) is 18.8 Å². The highest BCUT2D eigenvalue weighted by Crippen LogP contribution is 2.39. The molecule has 0 atom stereocenters. The summed E-state index contributed by atoms with van der Waals surface area (Å²) in [5, 5.41) is 2.74. The molecule has 0 fully saturated rings. The first-order valence-electron chi connectivity index (χ1n) is 11.0. The second-order valence-corrected chi connectivity index (χ2v) is 10.3. The van der Waals surface area contributed by atoms with Crippen molar-refractivity contribution in [3.05, 3.63) is 58.9 Å². The maximum Gasteiger partial charge on any atom is 0.227 e. The summed E-state index contributed by atoms with van der Waals surface area (Å²) in [7, 11) is -3.49. The number of hydrogen-bond donors (Lipinski definition) is 2. The average molecular weight is 524 g/mol. The van der Waals surface area contributed by atoms with E-state index in [1.165, 1.54) is 19.1 Å². The lowest BCUT2D eigenvalue weighted by Gasteiger charge is -2.34. The Morgan fingerprint density at radius 3 is 2.53 bits per heavy atom. The molecule has 3 rings (SSSR count). The summed E-state index contributed by atoms with van der Waals surface area (Å²) in [5.41, 5.74) is 0.807. The molecule has 0 aromatic heterocycles. The maximum absolute atomic E-state index is 14.9. The Kier molecular flexibility index (Phi) is 8.41. The molecule has 0 unspecified atom stereocenters. The van der Waals surface area contributed by atoms with Gasteiger partial charge in [0.15, 0.2) is 11.6 Å². The molecule has 194 valence electrons. The van der Waals surface area contributed by atoms with Crippen LogP contribution in [0.5, 0.6) is 5.75 Å². The molecular weight excluding hydrogens is 495 g/mol. The number of nitrogens with zero attached hydrogens (tertiary/aromatic N) is 3. The van der Waals surface area contributed by atoms with Crippen LogP contribution in [0.1, 0.15) is 31.9 Å². The van der Waals surface area contributed by atoms with Crippen LogP contribution in [-0.4, -0.2) is 46.5 Å². The number of aliphatic imine (C=N–C) groups is 2. The van der Waals surface area contributed by atoms with Gasteiger partial charge in [-0.1, -0.05) is 6.07 Å². The van der Waals surface area contributed by atoms with E-state index in [-0.39, 0.29) is 46.8 Å². The van der Waals surface area contributed by atoms with Gasteiger partial charge in [-0.15, -0.1) is 0 Å². The van der Waals surface area contributed by atoms with Gasteiger partial charge in [-0.3, -0.25) is 0 Å². The summed E-state index contributed by atoms with van der Waals surface area (Å²) < 4.78 is 74.1. The Morgan fingerprint density at radius 2 is 1.94 bits per heavy atom. The molecule has 0 saturated carbocycles. The van der Waals surface area contributed by atoms with Gasteiger partial charge in [-0.2, -0.15) is 0 Å². The minimum absolute atomic E-state index is 0.0577. The van der Waals surface area contributed by atoms with Crippen LogP contribution in [0.15, 0.2) is 46.1 Å². The second kappa shape index (κ2) is 11.1. The summed E-state index contributed by atoms with van der Waals surface area (Å²) >= 11 is 0. The number of halogens is 3. The molecule has 2 aromatic carbocycles. The second-order valence-electron chi connectivity index (χ2n) is 8.44. The van der Waals surface area contributed by atoms with E-state index in [1.807, 2.05) is 18.7 Å². The number of fused-ring (bicyclic) bond motifs is 1. The topological polar surface area (TPSA) is 95.4 Å². The van der Waals surface area contributed by atoms with Crippen molar-refractivity contribution in [2.45, 2.75) is 33.4 Å². The number of guanidine groups is 1. The molecule has 36 heavy (non-hydrogen) atoms. The fraction of sp³-hybridized carbons (Fsp3) is 0.333. The standard InChI is InChI=1S/C24H28F3N5O3S/c1-14(2)32-8-9-35-23-20(27)10-17(11-21(23)32)22(15(3)25)31-24(28-4)30-18-7-6-16(19(26)12-18)13-29-36(5,33)34/h6-7,10-12,14,29H,4,8-9,13H2,1-3,5H3,(H,30,31)/b22-15+. The van der Waals surface area contributed by atoms with Crippen LogP contribution < -0.4 is 19.7 Å². The van der Waals surface area contributed by atoms with E-state index >= 15 is 0 Å². The minimum atomic E-state index is -3.49. The quantitative estimate of drug-likeness (QED) is 0.413. The smallest absolute Gasteiger partial charge is 0.227 e. The van der Waals surface area contributed by atoms with Gasteiger partial charge in [-0.05, 0) is 51.8 Å². The van der Waals surface area contributed by atoms with Gasteiger partial charge in [0.1, 0.15) is 23.9 Å². The summed E-state index contributed by atoms with van der Waals surface area (Å²) in [6.45, 7) is 9.17. The van der Waals surface area contributed by atoms with Gasteiger partial charge in [0.2, 0.25) is 16.0 Å². The van der Waals surface area contributed by atoms with Crippen molar-refractivity contribution in [3.63, 3.8) is 0 Å². The molecule has 0 saturated heterocycles. The fourth-order valence-corrected chi connectivity index (χ4v) is 4.05. The zero-order valence-corrected chi connectivity index (χ0v) is 21.2. The molecule has 1 aliphatic heterocycles. The van der Waals surface area contributed by atoms with E-state index in [4.69, 9.17) is 4.74 Å². The molecule has 0 bridgehead atoms. The van der Waals surface area contributed by atoms with Crippen molar-refractivity contribution in [1.82, 2.24) is 4.72 Å². The number of nitrogens with one attached hydrogen (secondary N) is 2. The average Bonchev–Trinajstić information content (AvgIpc) is 2.79. The fourth-order valence-electron chi connectivity index (χ4n) is 3.63. The van der Waals surface area contributed by atoms with Crippen LogP contribution in [0.4, 0.5) is 24.5 Å². The van der Waals surface area contributed by atoms with Crippen molar-refractivity contribution in [2.24, 2.45) is 9.98 Å². The van der Waals surface area contributed by atoms with Gasteiger partial charge < -0.3 is 15.0 Å². The predicted molar refractivity (Wildman–Crippen MR) is 137 cm³/mol. The third-order valence-electron chi connectivity index (χ3n) is 5.34. The Bertz CT molecular complexity index is 1320. The summed E-state index contributed by atoms with van der Waals surface area (Å²) in [6.07, 6.45) is 0.971. The minimum Gasteiger partial charge on any atom is -0.486 e. The molecule has 2 aromatic rings. The highest BCUT2D eigenvalue weighted by atomic mass is 32.2. The Hall–Kier alpha value is -3.38. The normalized spacial score (nSPS) is 14.8. The van der Waals surface area contributed by atoms with Crippen molar-refractivity contribution in [2.75, 3.05) is 29.6 Å². The number of benzene rings is 2. The number of hydrogen-bond acceptors (Lipinski definition) is 5. The number of sulfonamides is 1. The maximum atomic E-state index is 14.9. The molecule has 2 N–H and O–H groups in total. The largest absolute Gasteiger partial charge is 0.486 e. The van der Waals surface area contributed by atoms with Gasteiger partial charge in [0.25, 0.3) is 0 Å². The van der Waals surface area contributed by atoms with Gasteiger partial charge in [-0.25, -0.2) is 36.3 Å². The number of allylic oxidation sites excluding steroid dienone is 1. The van der Waals surface area contributed by atoms with E-state index in [9.17, 15) is 21.6 Å². The SMILES string of the molecule is C=NC(=N/C(=C(\C)F)c1cc(F)c2c(c1)N(C(C)C)CCO2)Nc1ccc(CNS(C)(=O)=O)c(F)c1. The lowest BCUT2D eigenvalue weighted by atomic mass is 10.1. The first kappa shape index (κ1) is 27.2. The van der Waals surface area contributed by atoms with Crippen molar-refractivity contribution < 1.29 is 26.3 Å². The summed E-state index contributed by atoms with van der Waals surface area (Å²) in [6, 6.07) is 6.76. The van der Waals surface area contributed by atoms with Crippen LogP contribution in [0.25, 0.3) is 5.70 Å². The van der Waals surface area contributed by atoms with Crippen molar-refractivity contribution in [1.29, 1.82) is 0 Å². The van der Waals surface area contributed by atoms with E-state index in [1.54, 1.807) is 6.07 Å². The number of anilines is 2. The van der Waals surface area contributed by atoms with Crippen LogP contribution >= 0.6 is 0 Å². The number of ether oxygens (including phenoxy) is 1. The Morgan fingerprint density at radius 1 is 1.22 bits per heavy atom. The molecule has 0 aliphatic carbocycles. The predicted octanol–water partition coefficient (Wildman–Crippen LogP) is 4.45. The highest BCUT2D eigenvalue weighted by molar-refractivity contribution is 7.88. The van der Waals surface area contributed by atoms with Gasteiger partial charge >= 0.3 is 0 Å². The molecule has 8 nitrogen and oxygen atoms in total. The van der Waals surface area contributed by atoms with Gasteiger partial charge in [0.05, 0.1) is 18.5 Å². The molecule has 12 heteroatoms. The molecule has 0 spiro atoms. The Balaban J connectivity index is 1.93. The molecule has 0 radical (unpaired) electrons. The van der Waals surface area contributed by atoms with Crippen LogP contribution in [0.2, 0.25) is 0 Å². The molecule has 1 aliphatic rings. The highest BCUT2D eigenvalue weighted by Gasteiger charge is 2.25.